The number of benzene rings is 2. The molecule has 1 N–H and O–H groups in total. The first-order chi connectivity index (χ1) is 17.2. The van der Waals surface area contributed by atoms with Gasteiger partial charge in [-0.05, 0) is 62.6 Å². The predicted octanol–water partition coefficient (Wildman–Crippen LogP) is 5.20. The number of nitrogens with one attached hydrogen (secondary N) is 1. The highest BCUT2D eigenvalue weighted by Gasteiger charge is 2.27. The average molecular weight is 486 g/mol. The minimum atomic E-state index is -1.23. The fourth-order valence-corrected chi connectivity index (χ4v) is 3.93. The first kappa shape index (κ1) is 26.5. The van der Waals surface area contributed by atoms with Crippen molar-refractivity contribution in [1.82, 2.24) is 4.57 Å². The number of aryl methyl sites for hydroxylation is 3. The molecule has 7 nitrogen and oxygen atoms in total. The maximum absolute atomic E-state index is 13.3. The third kappa shape index (κ3) is 6.29. The van der Waals surface area contributed by atoms with Crippen LogP contribution in [0.2, 0.25) is 0 Å². The number of methoxy groups -OCH3 is 1. The van der Waals surface area contributed by atoms with Gasteiger partial charge < -0.3 is 19.4 Å². The van der Waals surface area contributed by atoms with Crippen molar-refractivity contribution in [3.8, 4) is 6.07 Å². The zero-order chi connectivity index (χ0) is 26.2. The minimum Gasteiger partial charge on any atom is -0.443 e. The number of carbonyl (C=O) groups excluding carboxylic acids is 2. The minimum absolute atomic E-state index is 0.192. The van der Waals surface area contributed by atoms with Crippen molar-refractivity contribution < 1.29 is 19.1 Å². The molecule has 2 aromatic carbocycles. The summed E-state index contributed by atoms with van der Waals surface area (Å²) in [4.78, 5) is 26.4. The van der Waals surface area contributed by atoms with Crippen LogP contribution in [0.3, 0.4) is 0 Å². The Morgan fingerprint density at radius 2 is 1.81 bits per heavy atom. The number of ether oxygens (including phenoxy) is 2. The van der Waals surface area contributed by atoms with E-state index in [1.807, 2.05) is 64.1 Å². The molecule has 0 aliphatic rings. The Kier molecular flexibility index (Phi) is 8.82. The molecule has 0 radical (unpaired) electrons. The van der Waals surface area contributed by atoms with Crippen LogP contribution in [0, 0.1) is 39.0 Å². The lowest BCUT2D eigenvalue weighted by Crippen LogP contribution is -2.26. The second-order valence-corrected chi connectivity index (χ2v) is 8.64. The van der Waals surface area contributed by atoms with Crippen LogP contribution in [0.4, 0.5) is 5.69 Å². The molecule has 0 fully saturated rings. The summed E-state index contributed by atoms with van der Waals surface area (Å²) in [6.45, 7) is 8.88. The number of esters is 1. The molecule has 7 heteroatoms. The first-order valence-electron chi connectivity index (χ1n) is 11.7. The molecule has 3 aromatic rings. The van der Waals surface area contributed by atoms with Gasteiger partial charge in [-0.25, -0.2) is 4.79 Å². The molecular weight excluding hydrogens is 454 g/mol. The van der Waals surface area contributed by atoms with Crippen LogP contribution in [-0.2, 0) is 25.6 Å². The van der Waals surface area contributed by atoms with E-state index in [0.717, 1.165) is 28.1 Å². The van der Waals surface area contributed by atoms with Gasteiger partial charge in [-0.2, -0.15) is 5.26 Å². The number of anilines is 1. The lowest BCUT2D eigenvalue weighted by Gasteiger charge is -2.19. The highest BCUT2D eigenvalue weighted by atomic mass is 16.5. The van der Waals surface area contributed by atoms with Crippen molar-refractivity contribution in [1.29, 1.82) is 5.26 Å². The smallest absolute Gasteiger partial charge is 0.350 e. The first-order valence-corrected chi connectivity index (χ1v) is 11.7. The Morgan fingerprint density at radius 3 is 2.47 bits per heavy atom. The monoisotopic (exact) mass is 485 g/mol. The van der Waals surface area contributed by atoms with Crippen LogP contribution in [0.1, 0.15) is 39.7 Å². The van der Waals surface area contributed by atoms with Crippen LogP contribution in [0.15, 0.2) is 60.2 Å². The van der Waals surface area contributed by atoms with Crippen LogP contribution in [0.5, 0.6) is 0 Å². The standard InChI is InChI=1S/C29H31N3O4/c1-19-11-12-20(2)26(15-19)31-28(33)27(23-9-7-6-8-10-23)36-29(34)25(18-30)17-24-16-21(3)32(22(24)4)13-14-35-5/h6-12,15-17,27H,13-14H2,1-5H3,(H,31,33)/b25-17+. The summed E-state index contributed by atoms with van der Waals surface area (Å²) in [6, 6.07) is 18.3. The number of aromatic nitrogens is 1. The number of nitrogens with zero attached hydrogens (tertiary/aromatic N) is 2. The highest BCUT2D eigenvalue weighted by molar-refractivity contribution is 6.01. The summed E-state index contributed by atoms with van der Waals surface area (Å²) in [7, 11) is 1.64. The molecule has 1 aromatic heterocycles. The van der Waals surface area contributed by atoms with E-state index in [1.165, 1.54) is 6.08 Å². The van der Waals surface area contributed by atoms with Gasteiger partial charge in [0.15, 0.2) is 0 Å². The summed E-state index contributed by atoms with van der Waals surface area (Å²) in [5.41, 5.74) is 5.43. The molecular formula is C29H31N3O4. The van der Waals surface area contributed by atoms with Crippen molar-refractivity contribution in [3.63, 3.8) is 0 Å². The number of amides is 1. The molecule has 1 atom stereocenters. The van der Waals surface area contributed by atoms with Crippen molar-refractivity contribution in [2.75, 3.05) is 19.0 Å². The number of carbonyl (C=O) groups is 2. The van der Waals surface area contributed by atoms with Crippen LogP contribution < -0.4 is 5.32 Å². The number of nitriles is 1. The number of hydrogen-bond donors (Lipinski definition) is 1. The van der Waals surface area contributed by atoms with Crippen LogP contribution >= 0.6 is 0 Å². The van der Waals surface area contributed by atoms with Crippen molar-refractivity contribution in [2.24, 2.45) is 0 Å². The second-order valence-electron chi connectivity index (χ2n) is 8.64. The van der Waals surface area contributed by atoms with Gasteiger partial charge >= 0.3 is 5.97 Å². The number of hydrogen-bond acceptors (Lipinski definition) is 5. The van der Waals surface area contributed by atoms with E-state index in [4.69, 9.17) is 9.47 Å². The Bertz CT molecular complexity index is 1320. The third-order valence-electron chi connectivity index (χ3n) is 5.99. The summed E-state index contributed by atoms with van der Waals surface area (Å²) in [6.07, 6.45) is 0.267. The van der Waals surface area contributed by atoms with E-state index in [-0.39, 0.29) is 5.57 Å². The summed E-state index contributed by atoms with van der Waals surface area (Å²) >= 11 is 0. The Balaban J connectivity index is 1.89. The Labute approximate surface area is 212 Å². The number of rotatable bonds is 9. The topological polar surface area (TPSA) is 93.3 Å². The predicted molar refractivity (Wildman–Crippen MR) is 139 cm³/mol. The maximum Gasteiger partial charge on any atom is 0.350 e. The fourth-order valence-electron chi connectivity index (χ4n) is 3.93. The lowest BCUT2D eigenvalue weighted by atomic mass is 10.1. The van der Waals surface area contributed by atoms with Crippen LogP contribution in [-0.4, -0.2) is 30.2 Å². The summed E-state index contributed by atoms with van der Waals surface area (Å²) in [5.74, 6) is -1.37. The molecule has 186 valence electrons. The Morgan fingerprint density at radius 1 is 1.08 bits per heavy atom. The van der Waals surface area contributed by atoms with Gasteiger partial charge in [0.05, 0.1) is 6.61 Å². The van der Waals surface area contributed by atoms with Gasteiger partial charge in [0, 0.05) is 36.3 Å². The van der Waals surface area contributed by atoms with E-state index < -0.39 is 18.0 Å². The van der Waals surface area contributed by atoms with E-state index >= 15 is 0 Å². The molecule has 0 spiro atoms. The third-order valence-corrected chi connectivity index (χ3v) is 5.99. The van der Waals surface area contributed by atoms with Crippen molar-refractivity contribution in [3.05, 3.63) is 93.8 Å². The average Bonchev–Trinajstić information content (AvgIpc) is 3.13. The van der Waals surface area contributed by atoms with E-state index in [2.05, 4.69) is 9.88 Å². The normalized spacial score (nSPS) is 12.1. The van der Waals surface area contributed by atoms with E-state index in [9.17, 15) is 14.9 Å². The maximum atomic E-state index is 13.3. The molecule has 0 bridgehead atoms. The lowest BCUT2D eigenvalue weighted by molar-refractivity contribution is -0.150. The molecule has 1 unspecified atom stereocenters. The van der Waals surface area contributed by atoms with Crippen molar-refractivity contribution >= 4 is 23.6 Å². The van der Waals surface area contributed by atoms with Crippen LogP contribution in [0.25, 0.3) is 6.08 Å². The molecule has 0 saturated carbocycles. The zero-order valence-electron chi connectivity index (χ0n) is 21.3. The highest BCUT2D eigenvalue weighted by Crippen LogP contribution is 2.25. The van der Waals surface area contributed by atoms with Crippen molar-refractivity contribution in [2.45, 2.75) is 40.3 Å². The second kappa shape index (κ2) is 12.0. The molecule has 0 aliphatic heterocycles. The Hall–Kier alpha value is -4.15. The van der Waals surface area contributed by atoms with Gasteiger partial charge in [-0.15, -0.1) is 0 Å². The molecule has 1 heterocycles. The molecule has 36 heavy (non-hydrogen) atoms. The largest absolute Gasteiger partial charge is 0.443 e. The van der Waals surface area contributed by atoms with E-state index in [1.54, 1.807) is 31.4 Å². The van der Waals surface area contributed by atoms with E-state index in [0.29, 0.717) is 24.4 Å². The molecule has 1 amide bonds. The molecule has 0 saturated heterocycles. The summed E-state index contributed by atoms with van der Waals surface area (Å²) in [5, 5.41) is 12.6. The van der Waals surface area contributed by atoms with Gasteiger partial charge in [0.2, 0.25) is 6.10 Å². The van der Waals surface area contributed by atoms with Gasteiger partial charge in [0.25, 0.3) is 5.91 Å². The fraction of sp³-hybridized carbons (Fsp3) is 0.276. The SMILES string of the molecule is COCCn1c(C)cc(/C=C(\C#N)C(=O)OC(C(=O)Nc2cc(C)ccc2C)c2ccccc2)c1C. The van der Waals surface area contributed by atoms with Gasteiger partial charge in [0.1, 0.15) is 11.6 Å². The molecule has 3 rings (SSSR count). The quantitative estimate of drug-likeness (QED) is 0.255. The zero-order valence-corrected chi connectivity index (χ0v) is 21.3. The molecule has 0 aliphatic carbocycles. The van der Waals surface area contributed by atoms with Gasteiger partial charge in [-0.1, -0.05) is 42.5 Å². The summed E-state index contributed by atoms with van der Waals surface area (Å²) < 4.78 is 12.9. The van der Waals surface area contributed by atoms with Gasteiger partial charge in [-0.3, -0.25) is 4.79 Å².